The van der Waals surface area contributed by atoms with E-state index >= 15 is 0 Å². The first-order chi connectivity index (χ1) is 17.1. The molecule has 5 nitrogen and oxygen atoms in total. The van der Waals surface area contributed by atoms with Gasteiger partial charge in [0.1, 0.15) is 10.9 Å². The van der Waals surface area contributed by atoms with Crippen LogP contribution in [0.4, 0.5) is 0 Å². The van der Waals surface area contributed by atoms with Gasteiger partial charge in [0.2, 0.25) is 0 Å². The summed E-state index contributed by atoms with van der Waals surface area (Å²) in [6, 6.07) is 20.3. The summed E-state index contributed by atoms with van der Waals surface area (Å²) < 4.78 is 18.2. The van der Waals surface area contributed by atoms with Gasteiger partial charge in [-0.25, -0.2) is 0 Å². The minimum absolute atomic E-state index is 0.0647. The quantitative estimate of drug-likeness (QED) is 0.268. The van der Waals surface area contributed by atoms with E-state index in [0.29, 0.717) is 40.5 Å². The van der Waals surface area contributed by atoms with E-state index in [-0.39, 0.29) is 12.0 Å². The van der Waals surface area contributed by atoms with Crippen molar-refractivity contribution in [2.75, 3.05) is 19.8 Å². The molecule has 0 aliphatic carbocycles. The number of thioether (sulfide) groups is 1. The van der Waals surface area contributed by atoms with Gasteiger partial charge in [-0.3, -0.25) is 9.69 Å². The first-order valence-corrected chi connectivity index (χ1v) is 13.1. The van der Waals surface area contributed by atoms with Crippen LogP contribution in [0.1, 0.15) is 30.9 Å². The van der Waals surface area contributed by atoms with E-state index < -0.39 is 0 Å². The van der Waals surface area contributed by atoms with Crippen molar-refractivity contribution in [3.8, 4) is 11.5 Å². The minimum atomic E-state index is -0.0647. The number of carbonyl (C=O) groups is 1. The number of rotatable bonds is 8. The standard InChI is InChI=1S/C28H27NO4S2/c1-2-31-25-15-19(16-26-27(30)29(28(34)35-26)17-23-8-5-13-32-23)10-12-24(25)33-18-20-9-11-21-6-3-4-7-22(21)14-20/h3-4,6-7,9-12,14-16,23H,2,5,8,13,17-18H2,1H3/b26-16-/t23-/m0/s1. The highest BCUT2D eigenvalue weighted by molar-refractivity contribution is 8.26. The number of nitrogens with zero attached hydrogens (tertiary/aromatic N) is 1. The number of fused-ring (bicyclic) bond motifs is 1. The fraction of sp³-hybridized carbons (Fsp3) is 0.286. The Bertz CT molecular complexity index is 1280. The predicted molar refractivity (Wildman–Crippen MR) is 145 cm³/mol. The summed E-state index contributed by atoms with van der Waals surface area (Å²) in [5, 5.41) is 2.39. The summed E-state index contributed by atoms with van der Waals surface area (Å²) in [6.45, 7) is 4.17. The molecule has 0 saturated carbocycles. The molecule has 3 aromatic carbocycles. The highest BCUT2D eigenvalue weighted by Gasteiger charge is 2.34. The highest BCUT2D eigenvalue weighted by Crippen LogP contribution is 2.36. The van der Waals surface area contributed by atoms with Gasteiger partial charge in [0.15, 0.2) is 11.5 Å². The monoisotopic (exact) mass is 505 g/mol. The Hall–Kier alpha value is -2.87. The van der Waals surface area contributed by atoms with Crippen molar-refractivity contribution in [2.45, 2.75) is 32.5 Å². The van der Waals surface area contributed by atoms with Gasteiger partial charge in [-0.05, 0) is 65.9 Å². The molecule has 2 aliphatic heterocycles. The molecule has 0 bridgehead atoms. The zero-order chi connectivity index (χ0) is 24.2. The van der Waals surface area contributed by atoms with Crippen molar-refractivity contribution in [3.05, 3.63) is 76.7 Å². The molecule has 0 spiro atoms. The minimum Gasteiger partial charge on any atom is -0.490 e. The third kappa shape index (κ3) is 5.53. The van der Waals surface area contributed by atoms with Crippen LogP contribution in [-0.4, -0.2) is 41.0 Å². The Balaban J connectivity index is 1.30. The molecule has 1 atom stereocenters. The van der Waals surface area contributed by atoms with Crippen LogP contribution >= 0.6 is 24.0 Å². The van der Waals surface area contributed by atoms with Crippen molar-refractivity contribution < 1.29 is 19.0 Å². The molecule has 0 radical (unpaired) electrons. The maximum absolute atomic E-state index is 13.0. The number of amides is 1. The maximum Gasteiger partial charge on any atom is 0.266 e. The zero-order valence-corrected chi connectivity index (χ0v) is 21.2. The molecule has 1 amide bonds. The molecule has 7 heteroatoms. The van der Waals surface area contributed by atoms with Crippen molar-refractivity contribution in [1.29, 1.82) is 0 Å². The van der Waals surface area contributed by atoms with Crippen LogP contribution in [0, 0.1) is 0 Å². The van der Waals surface area contributed by atoms with E-state index in [4.69, 9.17) is 26.4 Å². The summed E-state index contributed by atoms with van der Waals surface area (Å²) in [5.74, 6) is 1.25. The smallest absolute Gasteiger partial charge is 0.266 e. The van der Waals surface area contributed by atoms with Crippen LogP contribution in [0.15, 0.2) is 65.6 Å². The summed E-state index contributed by atoms with van der Waals surface area (Å²) in [6.07, 6.45) is 3.93. The van der Waals surface area contributed by atoms with E-state index in [0.717, 1.165) is 30.6 Å². The van der Waals surface area contributed by atoms with Gasteiger partial charge in [0, 0.05) is 6.61 Å². The molecule has 0 unspecified atom stereocenters. The molecule has 0 aromatic heterocycles. The Labute approximate surface area is 215 Å². The fourth-order valence-corrected chi connectivity index (χ4v) is 5.57. The van der Waals surface area contributed by atoms with Crippen molar-refractivity contribution in [1.82, 2.24) is 4.90 Å². The van der Waals surface area contributed by atoms with Crippen LogP contribution in [0.2, 0.25) is 0 Å². The van der Waals surface area contributed by atoms with Crippen LogP contribution in [-0.2, 0) is 16.1 Å². The van der Waals surface area contributed by atoms with Crippen LogP contribution in [0.3, 0.4) is 0 Å². The van der Waals surface area contributed by atoms with Crippen LogP contribution in [0.25, 0.3) is 16.8 Å². The Morgan fingerprint density at radius 1 is 1.09 bits per heavy atom. The zero-order valence-electron chi connectivity index (χ0n) is 19.6. The first-order valence-electron chi connectivity index (χ1n) is 11.8. The highest BCUT2D eigenvalue weighted by atomic mass is 32.2. The SMILES string of the molecule is CCOc1cc(/C=C2\SC(=S)N(C[C@@H]3CCCO3)C2=O)ccc1OCc1ccc2ccccc2c1. The second-order valence-corrected chi connectivity index (χ2v) is 10.2. The van der Waals surface area contributed by atoms with Gasteiger partial charge in [-0.1, -0.05) is 66.4 Å². The molecular weight excluding hydrogens is 478 g/mol. The lowest BCUT2D eigenvalue weighted by atomic mass is 10.1. The first kappa shape index (κ1) is 23.9. The second-order valence-electron chi connectivity index (χ2n) is 8.54. The van der Waals surface area contributed by atoms with Gasteiger partial charge in [0.05, 0.1) is 24.2 Å². The third-order valence-corrected chi connectivity index (χ3v) is 7.44. The Kier molecular flexibility index (Phi) is 7.37. The van der Waals surface area contributed by atoms with Crippen molar-refractivity contribution in [2.24, 2.45) is 0 Å². The number of carbonyl (C=O) groups excluding carboxylic acids is 1. The predicted octanol–water partition coefficient (Wildman–Crippen LogP) is 6.20. The largest absolute Gasteiger partial charge is 0.490 e. The van der Waals surface area contributed by atoms with E-state index in [1.807, 2.05) is 43.3 Å². The average Bonchev–Trinajstić information content (AvgIpc) is 3.48. The average molecular weight is 506 g/mol. The molecule has 2 fully saturated rings. The molecule has 3 aromatic rings. The Morgan fingerprint density at radius 3 is 2.74 bits per heavy atom. The van der Waals surface area contributed by atoms with Crippen LogP contribution in [0.5, 0.6) is 11.5 Å². The summed E-state index contributed by atoms with van der Waals surface area (Å²) in [5.41, 5.74) is 1.95. The number of hydrogen-bond donors (Lipinski definition) is 0. The van der Waals surface area contributed by atoms with Crippen molar-refractivity contribution in [3.63, 3.8) is 0 Å². The number of benzene rings is 3. The van der Waals surface area contributed by atoms with Gasteiger partial charge in [0.25, 0.3) is 5.91 Å². The molecule has 0 N–H and O–H groups in total. The van der Waals surface area contributed by atoms with E-state index in [1.54, 1.807) is 4.90 Å². The summed E-state index contributed by atoms with van der Waals surface area (Å²) in [7, 11) is 0. The summed E-state index contributed by atoms with van der Waals surface area (Å²) >= 11 is 6.80. The van der Waals surface area contributed by atoms with Crippen molar-refractivity contribution >= 4 is 51.1 Å². The molecule has 5 rings (SSSR count). The third-order valence-electron chi connectivity index (χ3n) is 6.06. The maximum atomic E-state index is 13.0. The normalized spacial score (nSPS) is 19.2. The fourth-order valence-electron chi connectivity index (χ4n) is 4.29. The van der Waals surface area contributed by atoms with Gasteiger partial charge >= 0.3 is 0 Å². The molecular formula is C28H27NO4S2. The molecule has 2 heterocycles. The van der Waals surface area contributed by atoms with Gasteiger partial charge < -0.3 is 14.2 Å². The van der Waals surface area contributed by atoms with E-state index in [9.17, 15) is 4.79 Å². The number of hydrogen-bond acceptors (Lipinski definition) is 6. The summed E-state index contributed by atoms with van der Waals surface area (Å²) in [4.78, 5) is 15.2. The lowest BCUT2D eigenvalue weighted by Gasteiger charge is -2.18. The van der Waals surface area contributed by atoms with E-state index in [1.165, 1.54) is 22.5 Å². The van der Waals surface area contributed by atoms with Crippen LogP contribution < -0.4 is 9.47 Å². The van der Waals surface area contributed by atoms with Gasteiger partial charge in [-0.2, -0.15) is 0 Å². The number of ether oxygens (including phenoxy) is 3. The lowest BCUT2D eigenvalue weighted by Crippen LogP contribution is -2.35. The molecule has 180 valence electrons. The van der Waals surface area contributed by atoms with E-state index in [2.05, 4.69) is 30.3 Å². The second kappa shape index (κ2) is 10.8. The molecule has 2 saturated heterocycles. The molecule has 2 aliphatic rings. The van der Waals surface area contributed by atoms with Gasteiger partial charge in [-0.15, -0.1) is 0 Å². The topological polar surface area (TPSA) is 48.0 Å². The number of thiocarbonyl (C=S) groups is 1. The molecule has 35 heavy (non-hydrogen) atoms. The Morgan fingerprint density at radius 2 is 1.94 bits per heavy atom. The lowest BCUT2D eigenvalue weighted by molar-refractivity contribution is -0.123.